The molecule has 20 heavy (non-hydrogen) atoms. The molecule has 0 radical (unpaired) electrons. The topological polar surface area (TPSA) is 102 Å². The molecule has 2 heterocycles. The summed E-state index contributed by atoms with van der Waals surface area (Å²) < 4.78 is 18.1. The van der Waals surface area contributed by atoms with Crippen molar-refractivity contribution in [1.82, 2.24) is 9.97 Å². The lowest BCUT2D eigenvalue weighted by Gasteiger charge is -2.00. The van der Waals surface area contributed by atoms with Gasteiger partial charge < -0.3 is 9.40 Å². The fourth-order valence-corrected chi connectivity index (χ4v) is 1.78. The normalized spacial score (nSPS) is 10.8. The summed E-state index contributed by atoms with van der Waals surface area (Å²) in [7, 11) is 0. The van der Waals surface area contributed by atoms with Crippen molar-refractivity contribution in [2.24, 2.45) is 0 Å². The SMILES string of the molecule is O=c1[nH]c(-c2ccc([N+](=O)[O-])o2)nc2cc(F)ccc12. The van der Waals surface area contributed by atoms with E-state index < -0.39 is 22.2 Å². The monoisotopic (exact) mass is 275 g/mol. The number of nitro groups is 1. The zero-order valence-corrected chi connectivity index (χ0v) is 9.79. The zero-order chi connectivity index (χ0) is 14.3. The third kappa shape index (κ3) is 1.92. The number of halogens is 1. The molecule has 8 heteroatoms. The van der Waals surface area contributed by atoms with Crippen molar-refractivity contribution in [3.8, 4) is 11.6 Å². The zero-order valence-electron chi connectivity index (χ0n) is 9.79. The third-order valence-electron chi connectivity index (χ3n) is 2.67. The van der Waals surface area contributed by atoms with Gasteiger partial charge in [-0.15, -0.1) is 0 Å². The minimum absolute atomic E-state index is 0.00111. The van der Waals surface area contributed by atoms with Crippen molar-refractivity contribution >= 4 is 16.8 Å². The molecule has 0 unspecified atom stereocenters. The highest BCUT2D eigenvalue weighted by Crippen LogP contribution is 2.23. The summed E-state index contributed by atoms with van der Waals surface area (Å²) in [4.78, 5) is 28.1. The van der Waals surface area contributed by atoms with Gasteiger partial charge in [0.1, 0.15) is 10.7 Å². The van der Waals surface area contributed by atoms with E-state index in [4.69, 9.17) is 4.42 Å². The summed E-state index contributed by atoms with van der Waals surface area (Å²) in [6.07, 6.45) is 0. The van der Waals surface area contributed by atoms with Crippen LogP contribution in [0.25, 0.3) is 22.5 Å². The summed E-state index contributed by atoms with van der Waals surface area (Å²) in [6.45, 7) is 0. The van der Waals surface area contributed by atoms with Gasteiger partial charge in [0.05, 0.1) is 17.0 Å². The molecule has 1 aromatic carbocycles. The van der Waals surface area contributed by atoms with Crippen molar-refractivity contribution < 1.29 is 13.7 Å². The first-order chi connectivity index (χ1) is 9.54. The Kier molecular flexibility index (Phi) is 2.56. The van der Waals surface area contributed by atoms with Crippen molar-refractivity contribution in [2.75, 3.05) is 0 Å². The molecule has 0 amide bonds. The van der Waals surface area contributed by atoms with Gasteiger partial charge in [-0.2, -0.15) is 0 Å². The molecular formula is C12H6FN3O4. The van der Waals surface area contributed by atoms with Gasteiger partial charge in [-0.3, -0.25) is 14.9 Å². The van der Waals surface area contributed by atoms with Gasteiger partial charge in [-0.1, -0.05) is 0 Å². The lowest BCUT2D eigenvalue weighted by molar-refractivity contribution is -0.401. The summed E-state index contributed by atoms with van der Waals surface area (Å²) in [5.41, 5.74) is -0.341. The number of aromatic amines is 1. The van der Waals surface area contributed by atoms with E-state index in [0.717, 1.165) is 18.2 Å². The van der Waals surface area contributed by atoms with Crippen molar-refractivity contribution in [3.05, 3.63) is 56.6 Å². The molecule has 0 fully saturated rings. The minimum Gasteiger partial charge on any atom is -0.397 e. The van der Waals surface area contributed by atoms with Crippen molar-refractivity contribution in [1.29, 1.82) is 0 Å². The second-order valence-electron chi connectivity index (χ2n) is 3.97. The molecule has 0 saturated carbocycles. The van der Waals surface area contributed by atoms with Crippen LogP contribution in [0, 0.1) is 15.9 Å². The first-order valence-corrected chi connectivity index (χ1v) is 5.49. The van der Waals surface area contributed by atoms with Crippen LogP contribution in [0.1, 0.15) is 0 Å². The fourth-order valence-electron chi connectivity index (χ4n) is 1.78. The molecule has 2 aromatic heterocycles. The lowest BCUT2D eigenvalue weighted by Crippen LogP contribution is -2.09. The Labute approximate surface area is 109 Å². The van der Waals surface area contributed by atoms with Gasteiger partial charge in [-0.25, -0.2) is 9.37 Å². The number of nitrogens with zero attached hydrogens (tertiary/aromatic N) is 2. The molecule has 0 saturated heterocycles. The molecule has 0 spiro atoms. The van der Waals surface area contributed by atoms with Crippen LogP contribution < -0.4 is 5.56 Å². The summed E-state index contributed by atoms with van der Waals surface area (Å²) in [5, 5.41) is 10.8. The van der Waals surface area contributed by atoms with Crippen LogP contribution >= 0.6 is 0 Å². The molecule has 0 atom stereocenters. The predicted octanol–water partition coefficient (Wildman–Crippen LogP) is 2.23. The van der Waals surface area contributed by atoms with E-state index in [-0.39, 0.29) is 22.5 Å². The predicted molar refractivity (Wildman–Crippen MR) is 66.7 cm³/mol. The van der Waals surface area contributed by atoms with Gasteiger partial charge in [0, 0.05) is 6.07 Å². The molecule has 0 bridgehead atoms. The largest absolute Gasteiger partial charge is 0.433 e. The Bertz CT molecular complexity index is 884. The van der Waals surface area contributed by atoms with Crippen LogP contribution in [0.4, 0.5) is 10.3 Å². The molecule has 100 valence electrons. The third-order valence-corrected chi connectivity index (χ3v) is 2.67. The second kappa shape index (κ2) is 4.26. The van der Waals surface area contributed by atoms with E-state index in [9.17, 15) is 19.3 Å². The Morgan fingerprint density at radius 1 is 1.30 bits per heavy atom. The minimum atomic E-state index is -0.706. The van der Waals surface area contributed by atoms with Crippen molar-refractivity contribution in [2.45, 2.75) is 0 Å². The highest BCUT2D eigenvalue weighted by molar-refractivity contribution is 5.79. The van der Waals surface area contributed by atoms with E-state index in [2.05, 4.69) is 9.97 Å². The van der Waals surface area contributed by atoms with Crippen LogP contribution in [-0.2, 0) is 0 Å². The van der Waals surface area contributed by atoms with Gasteiger partial charge in [0.15, 0.2) is 11.6 Å². The molecular weight excluding hydrogens is 269 g/mol. The van der Waals surface area contributed by atoms with E-state index in [0.29, 0.717) is 0 Å². The summed E-state index contributed by atoms with van der Waals surface area (Å²) in [5.74, 6) is -0.977. The maximum Gasteiger partial charge on any atom is 0.433 e. The second-order valence-corrected chi connectivity index (χ2v) is 3.97. The van der Waals surface area contributed by atoms with Crippen LogP contribution in [0.3, 0.4) is 0 Å². The fraction of sp³-hybridized carbons (Fsp3) is 0. The molecule has 3 aromatic rings. The van der Waals surface area contributed by atoms with E-state index in [1.54, 1.807) is 0 Å². The first-order valence-electron chi connectivity index (χ1n) is 5.49. The number of nitrogens with one attached hydrogen (secondary N) is 1. The summed E-state index contributed by atoms with van der Waals surface area (Å²) >= 11 is 0. The Morgan fingerprint density at radius 3 is 2.80 bits per heavy atom. The molecule has 0 aliphatic carbocycles. The maximum absolute atomic E-state index is 13.1. The van der Waals surface area contributed by atoms with Crippen LogP contribution in [-0.4, -0.2) is 14.9 Å². The number of fused-ring (bicyclic) bond motifs is 1. The highest BCUT2D eigenvalue weighted by atomic mass is 19.1. The highest BCUT2D eigenvalue weighted by Gasteiger charge is 2.15. The lowest BCUT2D eigenvalue weighted by atomic mass is 10.2. The Balaban J connectivity index is 2.20. The quantitative estimate of drug-likeness (QED) is 0.570. The number of aromatic nitrogens is 2. The number of hydrogen-bond acceptors (Lipinski definition) is 5. The van der Waals surface area contributed by atoms with E-state index in [1.165, 1.54) is 12.1 Å². The molecule has 3 rings (SSSR count). The average Bonchev–Trinajstić information content (AvgIpc) is 2.87. The van der Waals surface area contributed by atoms with Gasteiger partial charge >= 0.3 is 5.88 Å². The van der Waals surface area contributed by atoms with Crippen LogP contribution in [0.2, 0.25) is 0 Å². The molecule has 0 aliphatic rings. The van der Waals surface area contributed by atoms with E-state index in [1.807, 2.05) is 0 Å². The number of hydrogen-bond donors (Lipinski definition) is 1. The average molecular weight is 275 g/mol. The van der Waals surface area contributed by atoms with Crippen LogP contribution in [0.5, 0.6) is 0 Å². The number of benzene rings is 1. The summed E-state index contributed by atoms with van der Waals surface area (Å²) in [6, 6.07) is 6.01. The van der Waals surface area contributed by atoms with Crippen LogP contribution in [0.15, 0.2) is 39.5 Å². The Hall–Kier alpha value is -3.03. The Morgan fingerprint density at radius 2 is 2.10 bits per heavy atom. The van der Waals surface area contributed by atoms with Gasteiger partial charge in [0.25, 0.3) is 5.56 Å². The van der Waals surface area contributed by atoms with Gasteiger partial charge in [-0.05, 0) is 18.2 Å². The van der Waals surface area contributed by atoms with Gasteiger partial charge in [0.2, 0.25) is 0 Å². The molecule has 7 nitrogen and oxygen atoms in total. The number of furan rings is 1. The number of H-pyrrole nitrogens is 1. The van der Waals surface area contributed by atoms with Crippen molar-refractivity contribution in [3.63, 3.8) is 0 Å². The molecule has 1 N–H and O–H groups in total. The number of rotatable bonds is 2. The smallest absolute Gasteiger partial charge is 0.397 e. The van der Waals surface area contributed by atoms with E-state index >= 15 is 0 Å². The standard InChI is InChI=1S/C12H6FN3O4/c13-6-1-2-7-8(5-6)14-11(15-12(7)17)9-3-4-10(20-9)16(18)19/h1-5H,(H,14,15,17). The maximum atomic E-state index is 13.1. The molecule has 0 aliphatic heterocycles. The first kappa shape index (κ1) is 12.0.